The first-order valence-electron chi connectivity index (χ1n) is 5.57. The van der Waals surface area contributed by atoms with E-state index >= 15 is 0 Å². The molecule has 102 valence electrons. The largest absolute Gasteiger partial charge is 0.419 e. The number of benzene rings is 1. The summed E-state index contributed by atoms with van der Waals surface area (Å²) in [6, 6.07) is 4.63. The van der Waals surface area contributed by atoms with Gasteiger partial charge in [0.1, 0.15) is 5.82 Å². The third kappa shape index (κ3) is 3.25. The van der Waals surface area contributed by atoms with Crippen LogP contribution in [0.1, 0.15) is 30.9 Å². The molecule has 0 radical (unpaired) electrons. The van der Waals surface area contributed by atoms with E-state index in [4.69, 9.17) is 11.0 Å². The van der Waals surface area contributed by atoms with E-state index < -0.39 is 17.6 Å². The van der Waals surface area contributed by atoms with Crippen LogP contribution in [0.2, 0.25) is 0 Å². The first-order chi connectivity index (χ1) is 8.82. The van der Waals surface area contributed by atoms with Gasteiger partial charge in [-0.1, -0.05) is 19.4 Å². The monoisotopic (exact) mass is 272 g/mol. The van der Waals surface area contributed by atoms with Crippen LogP contribution in [-0.4, -0.2) is 0 Å². The summed E-state index contributed by atoms with van der Waals surface area (Å²) < 4.78 is 51.5. The molecule has 0 aliphatic rings. The quantitative estimate of drug-likeness (QED) is 0.671. The maximum absolute atomic E-state index is 13.8. The fourth-order valence-corrected chi connectivity index (χ4v) is 1.62. The van der Waals surface area contributed by atoms with Crippen molar-refractivity contribution in [3.8, 4) is 6.07 Å². The van der Waals surface area contributed by atoms with Gasteiger partial charge in [-0.2, -0.15) is 18.4 Å². The second-order valence-electron chi connectivity index (χ2n) is 3.92. The SMILES string of the molecule is CCC/C(C#N)=C(/N)c1cccc(C(F)(F)F)c1F. The van der Waals surface area contributed by atoms with Crippen molar-refractivity contribution < 1.29 is 17.6 Å². The number of hydrogen-bond donors (Lipinski definition) is 1. The molecule has 1 aromatic carbocycles. The van der Waals surface area contributed by atoms with Gasteiger partial charge in [-0.15, -0.1) is 0 Å². The predicted molar refractivity (Wildman–Crippen MR) is 63.0 cm³/mol. The van der Waals surface area contributed by atoms with E-state index in [1.165, 1.54) is 0 Å². The van der Waals surface area contributed by atoms with Gasteiger partial charge in [0.15, 0.2) is 0 Å². The number of allylic oxidation sites excluding steroid dienone is 1. The Hall–Kier alpha value is -2.03. The highest BCUT2D eigenvalue weighted by molar-refractivity contribution is 5.70. The molecule has 0 heterocycles. The number of halogens is 4. The molecule has 0 aliphatic heterocycles. The van der Waals surface area contributed by atoms with Gasteiger partial charge in [-0.25, -0.2) is 4.39 Å². The highest BCUT2D eigenvalue weighted by Crippen LogP contribution is 2.34. The first-order valence-corrected chi connectivity index (χ1v) is 5.57. The van der Waals surface area contributed by atoms with Crippen LogP contribution in [0, 0.1) is 17.1 Å². The molecule has 0 aliphatic carbocycles. The topological polar surface area (TPSA) is 49.8 Å². The molecule has 0 fully saturated rings. The van der Waals surface area contributed by atoms with Crippen LogP contribution in [0.25, 0.3) is 5.70 Å². The summed E-state index contributed by atoms with van der Waals surface area (Å²) in [6.07, 6.45) is -3.92. The molecule has 0 atom stereocenters. The number of nitrogens with two attached hydrogens (primary N) is 1. The minimum Gasteiger partial charge on any atom is -0.397 e. The van der Waals surface area contributed by atoms with Crippen LogP contribution in [0.3, 0.4) is 0 Å². The van der Waals surface area contributed by atoms with Crippen LogP contribution in [0.5, 0.6) is 0 Å². The molecule has 0 bridgehead atoms. The van der Waals surface area contributed by atoms with Crippen molar-refractivity contribution in [3.63, 3.8) is 0 Å². The second-order valence-corrected chi connectivity index (χ2v) is 3.92. The van der Waals surface area contributed by atoms with Gasteiger partial charge >= 0.3 is 6.18 Å². The van der Waals surface area contributed by atoms with Crippen molar-refractivity contribution in [1.29, 1.82) is 5.26 Å². The van der Waals surface area contributed by atoms with E-state index in [9.17, 15) is 17.6 Å². The second kappa shape index (κ2) is 5.74. The molecule has 0 spiro atoms. The Labute approximate surface area is 108 Å². The van der Waals surface area contributed by atoms with Gasteiger partial charge in [0.25, 0.3) is 0 Å². The average Bonchev–Trinajstić information content (AvgIpc) is 2.34. The van der Waals surface area contributed by atoms with E-state index in [1.54, 1.807) is 13.0 Å². The van der Waals surface area contributed by atoms with Gasteiger partial charge in [0, 0.05) is 5.56 Å². The van der Waals surface area contributed by atoms with Gasteiger partial charge in [0.05, 0.1) is 22.9 Å². The number of nitriles is 1. The lowest BCUT2D eigenvalue weighted by Gasteiger charge is -2.12. The fourth-order valence-electron chi connectivity index (χ4n) is 1.62. The molecule has 19 heavy (non-hydrogen) atoms. The van der Waals surface area contributed by atoms with Crippen molar-refractivity contribution in [1.82, 2.24) is 0 Å². The van der Waals surface area contributed by atoms with Gasteiger partial charge in [-0.3, -0.25) is 0 Å². The Balaban J connectivity index is 3.42. The molecule has 6 heteroatoms. The summed E-state index contributed by atoms with van der Waals surface area (Å²) in [4.78, 5) is 0. The Bertz CT molecular complexity index is 539. The maximum atomic E-state index is 13.8. The molecule has 1 aromatic rings. The molecule has 2 N–H and O–H groups in total. The smallest absolute Gasteiger partial charge is 0.397 e. The van der Waals surface area contributed by atoms with Gasteiger partial charge in [0.2, 0.25) is 0 Å². The number of alkyl halides is 3. The highest BCUT2D eigenvalue weighted by Gasteiger charge is 2.35. The standard InChI is InChI=1S/C13H12F4N2/c1-2-4-8(7-18)12(19)9-5-3-6-10(11(9)14)13(15,16)17/h3,5-6H,2,4,19H2,1H3/b12-8-. The molecule has 2 nitrogen and oxygen atoms in total. The van der Waals surface area contributed by atoms with Crippen molar-refractivity contribution in [2.45, 2.75) is 25.9 Å². The van der Waals surface area contributed by atoms with Gasteiger partial charge < -0.3 is 5.73 Å². The highest BCUT2D eigenvalue weighted by atomic mass is 19.4. The Morgan fingerprint density at radius 1 is 1.37 bits per heavy atom. The van der Waals surface area contributed by atoms with E-state index in [0.717, 1.165) is 12.1 Å². The van der Waals surface area contributed by atoms with Crippen molar-refractivity contribution >= 4 is 5.70 Å². The molecular formula is C13H12F4N2. The van der Waals surface area contributed by atoms with Crippen LogP contribution in [-0.2, 0) is 6.18 Å². The van der Waals surface area contributed by atoms with Crippen LogP contribution in [0.4, 0.5) is 17.6 Å². The maximum Gasteiger partial charge on any atom is 0.419 e. The minimum atomic E-state index is -4.79. The van der Waals surface area contributed by atoms with Crippen molar-refractivity contribution in [2.75, 3.05) is 0 Å². The summed E-state index contributed by atoms with van der Waals surface area (Å²) >= 11 is 0. The summed E-state index contributed by atoms with van der Waals surface area (Å²) in [5.74, 6) is -1.45. The summed E-state index contributed by atoms with van der Waals surface area (Å²) in [7, 11) is 0. The Morgan fingerprint density at radius 3 is 2.47 bits per heavy atom. The van der Waals surface area contributed by atoms with Gasteiger partial charge in [-0.05, 0) is 18.6 Å². The minimum absolute atomic E-state index is 0.0840. The molecule has 1 rings (SSSR count). The number of nitrogens with zero attached hydrogens (tertiary/aromatic N) is 1. The number of hydrogen-bond acceptors (Lipinski definition) is 2. The average molecular weight is 272 g/mol. The van der Waals surface area contributed by atoms with E-state index in [0.29, 0.717) is 12.5 Å². The van der Waals surface area contributed by atoms with Crippen LogP contribution < -0.4 is 5.73 Å². The summed E-state index contributed by atoms with van der Waals surface area (Å²) in [5, 5.41) is 8.88. The van der Waals surface area contributed by atoms with E-state index in [2.05, 4.69) is 0 Å². The first kappa shape index (κ1) is 15.0. The van der Waals surface area contributed by atoms with Crippen LogP contribution >= 0.6 is 0 Å². The number of rotatable bonds is 3. The third-order valence-corrected chi connectivity index (χ3v) is 2.55. The van der Waals surface area contributed by atoms with Crippen LogP contribution in [0.15, 0.2) is 23.8 Å². The van der Waals surface area contributed by atoms with E-state index in [-0.39, 0.29) is 23.3 Å². The van der Waals surface area contributed by atoms with Crippen molar-refractivity contribution in [2.24, 2.45) is 5.73 Å². The lowest BCUT2D eigenvalue weighted by molar-refractivity contribution is -0.140. The predicted octanol–water partition coefficient (Wildman–Crippen LogP) is 3.84. The molecular weight excluding hydrogens is 260 g/mol. The normalized spacial score (nSPS) is 12.8. The lowest BCUT2D eigenvalue weighted by atomic mass is 10.0. The third-order valence-electron chi connectivity index (χ3n) is 2.55. The molecule has 0 aromatic heterocycles. The Kier molecular flexibility index (Phi) is 4.54. The molecule has 0 unspecified atom stereocenters. The van der Waals surface area contributed by atoms with E-state index in [1.807, 2.05) is 0 Å². The summed E-state index contributed by atoms with van der Waals surface area (Å²) in [5.41, 5.74) is 3.66. The summed E-state index contributed by atoms with van der Waals surface area (Å²) in [6.45, 7) is 1.78. The Morgan fingerprint density at radius 2 is 2.00 bits per heavy atom. The fraction of sp³-hybridized carbons (Fsp3) is 0.308. The molecule has 0 saturated heterocycles. The zero-order valence-electron chi connectivity index (χ0n) is 10.2. The zero-order chi connectivity index (χ0) is 14.6. The molecule has 0 saturated carbocycles. The van der Waals surface area contributed by atoms with Crippen molar-refractivity contribution in [3.05, 3.63) is 40.7 Å². The molecule has 0 amide bonds. The zero-order valence-corrected chi connectivity index (χ0v) is 10.2. The lowest BCUT2D eigenvalue weighted by Crippen LogP contribution is -2.12.